The van der Waals surface area contributed by atoms with E-state index < -0.39 is 0 Å². The summed E-state index contributed by atoms with van der Waals surface area (Å²) in [6.07, 6.45) is 7.65. The number of rotatable bonds is 4. The second-order valence-electron chi connectivity index (χ2n) is 8.15. The van der Waals surface area contributed by atoms with Gasteiger partial charge < -0.3 is 0 Å². The van der Waals surface area contributed by atoms with Crippen LogP contribution in [-0.2, 0) is 9.59 Å². The van der Waals surface area contributed by atoms with E-state index in [-0.39, 0.29) is 41.4 Å². The second-order valence-corrected chi connectivity index (χ2v) is 8.59. The third-order valence-electron chi connectivity index (χ3n) is 6.40. The molecular formula is C24H20ClN3O3. The molecule has 0 unspecified atom stereocenters. The van der Waals surface area contributed by atoms with E-state index >= 15 is 0 Å². The van der Waals surface area contributed by atoms with Gasteiger partial charge in [0, 0.05) is 10.6 Å². The van der Waals surface area contributed by atoms with E-state index in [0.29, 0.717) is 16.3 Å². The van der Waals surface area contributed by atoms with Gasteiger partial charge in [0.1, 0.15) is 0 Å². The molecule has 1 saturated heterocycles. The molecule has 2 bridgehead atoms. The molecule has 0 aromatic heterocycles. The Balaban J connectivity index is 1.28. The zero-order chi connectivity index (χ0) is 21.5. The standard InChI is InChI=1S/C24H20ClN3O3/c25-18-9-1-14(2-10-18)13-26-27-22(29)17-7-11-19(12-8-17)28-23(30)20-15-3-4-16(6-5-15)21(20)24(28)31/h1-4,7-13,15-16,20-21H,5-6H2,(H,27,29)/b26-13-/t15-,16-,20+,21+/m0/s1. The summed E-state index contributed by atoms with van der Waals surface area (Å²) in [5.74, 6) is -0.827. The highest BCUT2D eigenvalue weighted by atomic mass is 35.5. The Bertz CT molecular complexity index is 1080. The minimum atomic E-state index is -0.383. The molecule has 4 aliphatic rings. The van der Waals surface area contributed by atoms with Gasteiger partial charge in [-0.2, -0.15) is 5.10 Å². The maximum atomic E-state index is 13.0. The summed E-state index contributed by atoms with van der Waals surface area (Å²) < 4.78 is 0. The number of imide groups is 1. The van der Waals surface area contributed by atoms with Crippen molar-refractivity contribution in [2.75, 3.05) is 4.90 Å². The fourth-order valence-corrected chi connectivity index (χ4v) is 5.00. The van der Waals surface area contributed by atoms with Crippen LogP contribution in [0.15, 0.2) is 65.8 Å². The number of carbonyl (C=O) groups excluding carboxylic acids is 3. The van der Waals surface area contributed by atoms with Crippen LogP contribution < -0.4 is 10.3 Å². The summed E-state index contributed by atoms with van der Waals surface area (Å²) in [5.41, 5.74) is 4.16. The van der Waals surface area contributed by atoms with Gasteiger partial charge in [-0.05, 0) is 66.6 Å². The van der Waals surface area contributed by atoms with Crippen molar-refractivity contribution in [1.82, 2.24) is 5.43 Å². The topological polar surface area (TPSA) is 78.8 Å². The Labute approximate surface area is 184 Å². The number of benzene rings is 2. The van der Waals surface area contributed by atoms with Crippen LogP contribution in [0.25, 0.3) is 0 Å². The maximum absolute atomic E-state index is 13.0. The number of hydrazone groups is 1. The highest BCUT2D eigenvalue weighted by molar-refractivity contribution is 6.30. The number of nitrogens with one attached hydrogen (secondary N) is 1. The molecule has 3 aliphatic carbocycles. The first-order valence-electron chi connectivity index (χ1n) is 10.3. The zero-order valence-corrected chi connectivity index (χ0v) is 17.3. The van der Waals surface area contributed by atoms with Gasteiger partial charge in [-0.1, -0.05) is 35.9 Å². The van der Waals surface area contributed by atoms with E-state index in [1.165, 1.54) is 11.1 Å². The SMILES string of the molecule is O=C(N/N=C\c1ccc(Cl)cc1)c1ccc(N2C(=O)[C@H]3[C@H](C2=O)[C@H]2C=C[C@H]3CC2)cc1. The predicted molar refractivity (Wildman–Crippen MR) is 118 cm³/mol. The summed E-state index contributed by atoms with van der Waals surface area (Å²) in [4.78, 5) is 39.7. The van der Waals surface area contributed by atoms with E-state index in [1.54, 1.807) is 48.5 Å². The molecule has 6 rings (SSSR count). The zero-order valence-electron chi connectivity index (χ0n) is 16.6. The lowest BCUT2D eigenvalue weighted by Crippen LogP contribution is -2.38. The average Bonchev–Trinajstić information content (AvgIpc) is 3.08. The van der Waals surface area contributed by atoms with Crippen LogP contribution in [0, 0.1) is 23.7 Å². The van der Waals surface area contributed by atoms with E-state index in [4.69, 9.17) is 11.6 Å². The number of halogens is 1. The molecule has 31 heavy (non-hydrogen) atoms. The Morgan fingerprint density at radius 2 is 1.52 bits per heavy atom. The van der Waals surface area contributed by atoms with Crippen LogP contribution in [0.5, 0.6) is 0 Å². The third kappa shape index (κ3) is 3.47. The van der Waals surface area contributed by atoms with Gasteiger partial charge in [0.2, 0.25) is 11.8 Å². The quantitative estimate of drug-likeness (QED) is 0.344. The van der Waals surface area contributed by atoms with Crippen molar-refractivity contribution in [3.63, 3.8) is 0 Å². The van der Waals surface area contributed by atoms with Crippen LogP contribution in [0.4, 0.5) is 5.69 Å². The second kappa shape index (κ2) is 7.78. The van der Waals surface area contributed by atoms with Crippen LogP contribution in [0.2, 0.25) is 5.02 Å². The molecule has 2 aromatic carbocycles. The third-order valence-corrected chi connectivity index (χ3v) is 6.65. The molecule has 6 nitrogen and oxygen atoms in total. The number of nitrogens with zero attached hydrogens (tertiary/aromatic N) is 2. The molecule has 1 N–H and O–H groups in total. The van der Waals surface area contributed by atoms with Crippen molar-refractivity contribution in [3.05, 3.63) is 76.8 Å². The van der Waals surface area contributed by atoms with Crippen LogP contribution >= 0.6 is 11.6 Å². The Hall–Kier alpha value is -3.25. The number of amides is 3. The molecule has 7 heteroatoms. The van der Waals surface area contributed by atoms with Crippen molar-refractivity contribution in [1.29, 1.82) is 0 Å². The summed E-state index contributed by atoms with van der Waals surface area (Å²) in [7, 11) is 0. The molecule has 1 aliphatic heterocycles. The molecule has 1 heterocycles. The molecule has 0 radical (unpaired) electrons. The normalized spacial score (nSPS) is 26.5. The highest BCUT2D eigenvalue weighted by Crippen LogP contribution is 2.50. The minimum Gasteiger partial charge on any atom is -0.274 e. The summed E-state index contributed by atoms with van der Waals surface area (Å²) in [5, 5.41) is 4.58. The number of anilines is 1. The first-order valence-corrected chi connectivity index (χ1v) is 10.7. The number of fused-ring (bicyclic) bond motifs is 1. The predicted octanol–water partition coefficient (Wildman–Crippen LogP) is 3.81. The smallest absolute Gasteiger partial charge is 0.271 e. The molecule has 0 spiro atoms. The highest BCUT2D eigenvalue weighted by Gasteiger charge is 2.56. The van der Waals surface area contributed by atoms with Gasteiger partial charge in [-0.3, -0.25) is 19.3 Å². The molecule has 3 amide bonds. The number of allylic oxidation sites excluding steroid dienone is 2. The monoisotopic (exact) mass is 433 g/mol. The van der Waals surface area contributed by atoms with Gasteiger partial charge in [0.15, 0.2) is 0 Å². The molecular weight excluding hydrogens is 414 g/mol. The number of hydrogen-bond acceptors (Lipinski definition) is 4. The van der Waals surface area contributed by atoms with Gasteiger partial charge in [-0.25, -0.2) is 5.43 Å². The summed E-state index contributed by atoms with van der Waals surface area (Å²) in [6, 6.07) is 13.5. The van der Waals surface area contributed by atoms with Gasteiger partial charge in [-0.15, -0.1) is 0 Å². The molecule has 4 atom stereocenters. The Morgan fingerprint density at radius 1 is 0.935 bits per heavy atom. The van der Waals surface area contributed by atoms with Crippen LogP contribution in [0.3, 0.4) is 0 Å². The van der Waals surface area contributed by atoms with E-state index in [9.17, 15) is 14.4 Å². The lowest BCUT2D eigenvalue weighted by atomic mass is 9.63. The van der Waals surface area contributed by atoms with Crippen molar-refractivity contribution < 1.29 is 14.4 Å². The Morgan fingerprint density at radius 3 is 2.06 bits per heavy atom. The number of hydrogen-bond donors (Lipinski definition) is 1. The first-order chi connectivity index (χ1) is 15.0. The van der Waals surface area contributed by atoms with E-state index in [1.807, 2.05) is 0 Å². The Kier molecular flexibility index (Phi) is 4.94. The fraction of sp³-hybridized carbons (Fsp3) is 0.250. The van der Waals surface area contributed by atoms with Crippen molar-refractivity contribution >= 4 is 41.2 Å². The lowest BCUT2D eigenvalue weighted by molar-refractivity contribution is -0.124. The molecule has 2 aromatic rings. The van der Waals surface area contributed by atoms with Crippen molar-refractivity contribution in [2.45, 2.75) is 12.8 Å². The van der Waals surface area contributed by atoms with Gasteiger partial charge in [0.25, 0.3) is 5.91 Å². The van der Waals surface area contributed by atoms with Crippen LogP contribution in [-0.4, -0.2) is 23.9 Å². The minimum absolute atomic E-state index is 0.126. The molecule has 1 saturated carbocycles. The number of carbonyl (C=O) groups is 3. The van der Waals surface area contributed by atoms with Crippen molar-refractivity contribution in [2.24, 2.45) is 28.8 Å². The van der Waals surface area contributed by atoms with Gasteiger partial charge in [0.05, 0.1) is 23.7 Å². The summed E-state index contributed by atoms with van der Waals surface area (Å²) in [6.45, 7) is 0. The van der Waals surface area contributed by atoms with E-state index in [2.05, 4.69) is 22.7 Å². The largest absolute Gasteiger partial charge is 0.274 e. The molecule has 156 valence electrons. The fourth-order valence-electron chi connectivity index (χ4n) is 4.87. The first kappa shape index (κ1) is 19.7. The maximum Gasteiger partial charge on any atom is 0.271 e. The average molecular weight is 434 g/mol. The van der Waals surface area contributed by atoms with Crippen LogP contribution in [0.1, 0.15) is 28.8 Å². The molecule has 2 fully saturated rings. The van der Waals surface area contributed by atoms with E-state index in [0.717, 1.165) is 18.4 Å². The summed E-state index contributed by atoms with van der Waals surface area (Å²) >= 11 is 5.84. The lowest BCUT2D eigenvalue weighted by Gasteiger charge is -2.38. The van der Waals surface area contributed by atoms with Crippen molar-refractivity contribution in [3.8, 4) is 0 Å². The van der Waals surface area contributed by atoms with Gasteiger partial charge >= 0.3 is 0 Å².